The molecule has 1 amide bonds. The van der Waals surface area contributed by atoms with E-state index in [2.05, 4.69) is 26.4 Å². The van der Waals surface area contributed by atoms with E-state index in [0.29, 0.717) is 37.3 Å². The van der Waals surface area contributed by atoms with Crippen LogP contribution in [-0.4, -0.2) is 30.2 Å². The Hall–Kier alpha value is -2.13. The number of terminal acetylenes is 1. The summed E-state index contributed by atoms with van der Waals surface area (Å²) in [6.45, 7) is 0.442. The Morgan fingerprint density at radius 2 is 2.29 bits per heavy atom. The molecule has 0 aliphatic carbocycles. The molecule has 2 heterocycles. The Morgan fingerprint density at radius 1 is 1.52 bits per heavy atom. The second-order valence-corrected chi connectivity index (χ2v) is 5.01. The van der Waals surface area contributed by atoms with Crippen LogP contribution in [0.25, 0.3) is 0 Å². The fourth-order valence-electron chi connectivity index (χ4n) is 1.84. The monoisotopic (exact) mass is 306 g/mol. The third-order valence-electron chi connectivity index (χ3n) is 3.15. The predicted molar refractivity (Wildman–Crippen MR) is 78.4 cm³/mol. The average Bonchev–Trinajstić information content (AvgIpc) is 3.26. The number of carbonyl (C=O) groups excluding carboxylic acids is 1. The average molecular weight is 307 g/mol. The maximum Gasteiger partial charge on any atom is 0.253 e. The zero-order valence-corrected chi connectivity index (χ0v) is 12.4. The Balaban J connectivity index is 1.87. The zero-order valence-electron chi connectivity index (χ0n) is 11.6. The summed E-state index contributed by atoms with van der Waals surface area (Å²) in [5, 5.41) is 11.1. The van der Waals surface area contributed by atoms with Gasteiger partial charge < -0.3 is 10.1 Å². The smallest absolute Gasteiger partial charge is 0.253 e. The van der Waals surface area contributed by atoms with E-state index in [1.807, 2.05) is 0 Å². The van der Waals surface area contributed by atoms with E-state index in [1.54, 1.807) is 0 Å². The lowest BCUT2D eigenvalue weighted by atomic mass is 10.0. The van der Waals surface area contributed by atoms with Crippen LogP contribution >= 0.6 is 11.6 Å². The Labute approximate surface area is 128 Å². The van der Waals surface area contributed by atoms with E-state index in [9.17, 15) is 4.79 Å². The highest BCUT2D eigenvalue weighted by Gasteiger charge is 2.38. The Kier molecular flexibility index (Phi) is 4.76. The summed E-state index contributed by atoms with van der Waals surface area (Å²) >= 11 is 5.96. The number of nitrogens with one attached hydrogen (secondary N) is 1. The van der Waals surface area contributed by atoms with Crippen molar-refractivity contribution in [3.05, 3.63) is 22.8 Å². The summed E-state index contributed by atoms with van der Waals surface area (Å²) in [6, 6.07) is 1.50. The molecule has 1 N–H and O–H groups in total. The van der Waals surface area contributed by atoms with Gasteiger partial charge in [-0.3, -0.25) is 4.79 Å². The summed E-state index contributed by atoms with van der Waals surface area (Å²) in [5.74, 6) is 2.61. The van der Waals surface area contributed by atoms with Gasteiger partial charge in [-0.05, 0) is 0 Å². The minimum Gasteiger partial charge on any atom is -0.481 e. The molecule has 0 saturated heterocycles. The van der Waals surface area contributed by atoms with Gasteiger partial charge in [0.1, 0.15) is 0 Å². The molecular formula is C14H15ClN4O2. The van der Waals surface area contributed by atoms with Gasteiger partial charge in [-0.2, -0.15) is 10.2 Å². The molecule has 0 fully saturated rings. The van der Waals surface area contributed by atoms with E-state index >= 15 is 0 Å². The van der Waals surface area contributed by atoms with Crippen LogP contribution in [0.1, 0.15) is 29.6 Å². The number of methoxy groups -OCH3 is 1. The van der Waals surface area contributed by atoms with Crippen molar-refractivity contribution in [2.75, 3.05) is 13.7 Å². The van der Waals surface area contributed by atoms with Crippen LogP contribution in [0, 0.1) is 12.3 Å². The van der Waals surface area contributed by atoms with E-state index in [4.69, 9.17) is 22.8 Å². The van der Waals surface area contributed by atoms with Gasteiger partial charge in [0.2, 0.25) is 5.88 Å². The van der Waals surface area contributed by atoms with E-state index in [1.165, 1.54) is 19.4 Å². The number of pyridine rings is 1. The van der Waals surface area contributed by atoms with Crippen molar-refractivity contribution in [3.63, 3.8) is 0 Å². The maximum absolute atomic E-state index is 12.1. The van der Waals surface area contributed by atoms with E-state index in [0.717, 1.165) is 0 Å². The zero-order chi connectivity index (χ0) is 15.3. The second-order valence-electron chi connectivity index (χ2n) is 4.60. The number of nitrogens with zero attached hydrogens (tertiary/aromatic N) is 3. The lowest BCUT2D eigenvalue weighted by Gasteiger charge is -2.11. The summed E-state index contributed by atoms with van der Waals surface area (Å²) in [6.07, 6.45) is 8.57. The van der Waals surface area contributed by atoms with E-state index < -0.39 is 5.66 Å². The van der Waals surface area contributed by atoms with Crippen molar-refractivity contribution in [3.8, 4) is 18.2 Å². The van der Waals surface area contributed by atoms with E-state index in [-0.39, 0.29) is 10.9 Å². The molecule has 7 heteroatoms. The maximum atomic E-state index is 12.1. The van der Waals surface area contributed by atoms with Gasteiger partial charge in [0.15, 0.2) is 5.66 Å². The van der Waals surface area contributed by atoms with Crippen molar-refractivity contribution in [2.24, 2.45) is 10.2 Å². The molecule has 1 aliphatic rings. The molecule has 0 spiro atoms. The standard InChI is InChI=1S/C14H15ClN4O2/c1-3-4-5-14(18-19-14)6-7-16-13(20)10-8-12(21-2)17-9-11(10)15/h1,8-9H,4-7H2,2H3,(H,16,20). The van der Waals surface area contributed by atoms with Gasteiger partial charge in [0.05, 0.1) is 23.9 Å². The number of rotatable bonds is 7. The number of hydrogen-bond acceptors (Lipinski definition) is 5. The second kappa shape index (κ2) is 6.55. The van der Waals surface area contributed by atoms with Crippen LogP contribution in [0.5, 0.6) is 5.88 Å². The van der Waals surface area contributed by atoms with Crippen molar-refractivity contribution in [1.82, 2.24) is 10.3 Å². The molecule has 21 heavy (non-hydrogen) atoms. The Bertz CT molecular complexity index is 603. The van der Waals surface area contributed by atoms with Crippen LogP contribution < -0.4 is 10.1 Å². The number of ether oxygens (including phenoxy) is 1. The molecule has 6 nitrogen and oxygen atoms in total. The lowest BCUT2D eigenvalue weighted by molar-refractivity contribution is 0.0951. The minimum absolute atomic E-state index is 0.274. The largest absolute Gasteiger partial charge is 0.481 e. The third-order valence-corrected chi connectivity index (χ3v) is 3.45. The van der Waals surface area contributed by atoms with Gasteiger partial charge in [-0.25, -0.2) is 4.98 Å². The summed E-state index contributed by atoms with van der Waals surface area (Å²) in [7, 11) is 1.48. The molecule has 0 unspecified atom stereocenters. The van der Waals surface area contributed by atoms with Crippen molar-refractivity contribution in [1.29, 1.82) is 0 Å². The minimum atomic E-state index is -0.403. The molecule has 0 atom stereocenters. The predicted octanol–water partition coefficient (Wildman–Crippen LogP) is 2.44. The lowest BCUT2D eigenvalue weighted by Crippen LogP contribution is -2.28. The highest BCUT2D eigenvalue weighted by molar-refractivity contribution is 6.33. The first-order valence-electron chi connectivity index (χ1n) is 6.45. The summed E-state index contributed by atoms with van der Waals surface area (Å²) in [4.78, 5) is 16.0. The fourth-order valence-corrected chi connectivity index (χ4v) is 2.03. The van der Waals surface area contributed by atoms with Gasteiger partial charge in [-0.15, -0.1) is 12.3 Å². The first-order chi connectivity index (χ1) is 10.1. The number of halogens is 1. The number of carbonyl (C=O) groups is 1. The van der Waals surface area contributed by atoms with Crippen molar-refractivity contribution in [2.45, 2.75) is 24.9 Å². The van der Waals surface area contributed by atoms with Gasteiger partial charge >= 0.3 is 0 Å². The number of hydrogen-bond donors (Lipinski definition) is 1. The fraction of sp³-hybridized carbons (Fsp3) is 0.429. The molecule has 0 saturated carbocycles. The number of amides is 1. The Morgan fingerprint density at radius 3 is 2.90 bits per heavy atom. The molecule has 0 bridgehead atoms. The van der Waals surface area contributed by atoms with Crippen LogP contribution in [0.3, 0.4) is 0 Å². The topological polar surface area (TPSA) is 75.9 Å². The van der Waals surface area contributed by atoms with Crippen molar-refractivity contribution >= 4 is 17.5 Å². The van der Waals surface area contributed by atoms with Crippen LogP contribution in [0.2, 0.25) is 5.02 Å². The highest BCUT2D eigenvalue weighted by atomic mass is 35.5. The quantitative estimate of drug-likeness (QED) is 0.786. The van der Waals surface area contributed by atoms with Gasteiger partial charge in [0, 0.05) is 31.9 Å². The number of aromatic nitrogens is 1. The highest BCUT2D eigenvalue weighted by Crippen LogP contribution is 2.36. The van der Waals surface area contributed by atoms with Gasteiger partial charge in [0.25, 0.3) is 5.91 Å². The molecule has 2 rings (SSSR count). The van der Waals surface area contributed by atoms with Crippen LogP contribution in [0.15, 0.2) is 22.5 Å². The molecule has 1 aliphatic heterocycles. The first kappa shape index (κ1) is 15.3. The molecule has 110 valence electrons. The van der Waals surface area contributed by atoms with Crippen LogP contribution in [0.4, 0.5) is 0 Å². The third kappa shape index (κ3) is 3.92. The molecule has 0 aromatic carbocycles. The summed E-state index contributed by atoms with van der Waals surface area (Å²) < 4.78 is 4.97. The normalized spacial score (nSPS) is 14.3. The molecular weight excluding hydrogens is 292 g/mol. The molecule has 1 aromatic rings. The molecule has 0 radical (unpaired) electrons. The van der Waals surface area contributed by atoms with Crippen LogP contribution in [-0.2, 0) is 0 Å². The first-order valence-corrected chi connectivity index (χ1v) is 6.83. The van der Waals surface area contributed by atoms with Crippen molar-refractivity contribution < 1.29 is 9.53 Å². The van der Waals surface area contributed by atoms with Gasteiger partial charge in [-0.1, -0.05) is 11.6 Å². The SMILES string of the molecule is C#CCCC1(CCNC(=O)c2cc(OC)ncc2Cl)N=N1. The summed E-state index contributed by atoms with van der Waals surface area (Å²) in [5.41, 5.74) is -0.0785. The molecule has 1 aromatic heterocycles.